The molecule has 1 N–H and O–H groups in total. The highest BCUT2D eigenvalue weighted by Crippen LogP contribution is 2.31. The van der Waals surface area contributed by atoms with Crippen LogP contribution in [0.3, 0.4) is 0 Å². The highest BCUT2D eigenvalue weighted by Gasteiger charge is 2.24. The largest absolute Gasteiger partial charge is 0.322 e. The minimum Gasteiger partial charge on any atom is -0.322 e. The average molecular weight is 330 g/mol. The zero-order chi connectivity index (χ0) is 16.4. The first-order valence-electron chi connectivity index (χ1n) is 7.42. The van der Waals surface area contributed by atoms with Gasteiger partial charge in [-0.3, -0.25) is 9.10 Å². The van der Waals surface area contributed by atoms with Crippen molar-refractivity contribution in [3.8, 4) is 0 Å². The Kier molecular flexibility index (Phi) is 4.09. The lowest BCUT2D eigenvalue weighted by Crippen LogP contribution is -2.34. The number of aryl methyl sites for hydroxylation is 1. The molecule has 0 saturated carbocycles. The molecule has 23 heavy (non-hydrogen) atoms. The number of hydrogen-bond donors (Lipinski definition) is 1. The predicted octanol–water partition coefficient (Wildman–Crippen LogP) is 2.65. The number of amides is 1. The summed E-state index contributed by atoms with van der Waals surface area (Å²) >= 11 is 0. The van der Waals surface area contributed by atoms with Gasteiger partial charge in [-0.25, -0.2) is 8.42 Å². The Morgan fingerprint density at radius 1 is 1.13 bits per heavy atom. The summed E-state index contributed by atoms with van der Waals surface area (Å²) in [6, 6.07) is 14.3. The monoisotopic (exact) mass is 330 g/mol. The van der Waals surface area contributed by atoms with E-state index in [1.807, 2.05) is 18.2 Å². The van der Waals surface area contributed by atoms with Crippen LogP contribution in [0.25, 0.3) is 0 Å². The van der Waals surface area contributed by atoms with E-state index in [4.69, 9.17) is 0 Å². The number of benzene rings is 2. The Morgan fingerprint density at radius 2 is 1.87 bits per heavy atom. The number of carbonyl (C=O) groups excluding carboxylic acids is 1. The molecule has 0 aliphatic carbocycles. The molecule has 3 rings (SSSR count). The van der Waals surface area contributed by atoms with E-state index >= 15 is 0 Å². The van der Waals surface area contributed by atoms with Crippen LogP contribution in [0.4, 0.5) is 11.4 Å². The van der Waals surface area contributed by atoms with Gasteiger partial charge >= 0.3 is 0 Å². The summed E-state index contributed by atoms with van der Waals surface area (Å²) < 4.78 is 25.3. The number of sulfonamides is 1. The van der Waals surface area contributed by atoms with Gasteiger partial charge in [-0.15, -0.1) is 0 Å². The molecule has 0 radical (unpaired) electrons. The Labute approximate surface area is 136 Å². The maximum atomic E-state index is 12.2. The number of carbonyl (C=O) groups is 1. The Hall–Kier alpha value is -2.34. The third kappa shape index (κ3) is 3.37. The van der Waals surface area contributed by atoms with Gasteiger partial charge in [0.15, 0.2) is 0 Å². The van der Waals surface area contributed by atoms with Gasteiger partial charge in [0, 0.05) is 17.8 Å². The van der Waals surface area contributed by atoms with Crippen LogP contribution in [-0.2, 0) is 16.4 Å². The third-order valence-electron chi connectivity index (χ3n) is 3.86. The van der Waals surface area contributed by atoms with Gasteiger partial charge in [-0.1, -0.05) is 24.3 Å². The summed E-state index contributed by atoms with van der Waals surface area (Å²) in [6.45, 7) is 0.474. The first kappa shape index (κ1) is 15.6. The number of fused-ring (bicyclic) bond motifs is 1. The SMILES string of the molecule is CS(=O)(=O)N1CCCc2ccc(NC(=O)c3ccccc3)cc21. The molecule has 0 spiro atoms. The summed E-state index contributed by atoms with van der Waals surface area (Å²) in [5, 5.41) is 2.82. The Balaban J connectivity index is 1.90. The fourth-order valence-electron chi connectivity index (χ4n) is 2.76. The van der Waals surface area contributed by atoms with E-state index in [1.54, 1.807) is 30.3 Å². The first-order valence-corrected chi connectivity index (χ1v) is 9.27. The van der Waals surface area contributed by atoms with E-state index in [0.717, 1.165) is 18.4 Å². The molecule has 5 nitrogen and oxygen atoms in total. The van der Waals surface area contributed by atoms with Gasteiger partial charge in [0.1, 0.15) is 0 Å². The second-order valence-electron chi connectivity index (χ2n) is 5.60. The normalized spacial score (nSPS) is 14.2. The van der Waals surface area contributed by atoms with Gasteiger partial charge in [-0.05, 0) is 42.7 Å². The van der Waals surface area contributed by atoms with Gasteiger partial charge in [0.25, 0.3) is 5.91 Å². The summed E-state index contributed by atoms with van der Waals surface area (Å²) in [6.07, 6.45) is 2.85. The van der Waals surface area contributed by atoms with E-state index in [1.165, 1.54) is 10.6 Å². The molecule has 0 bridgehead atoms. The summed E-state index contributed by atoms with van der Waals surface area (Å²) in [5.74, 6) is -0.215. The van der Waals surface area contributed by atoms with Crippen molar-refractivity contribution >= 4 is 27.3 Å². The molecule has 0 atom stereocenters. The molecular weight excluding hydrogens is 312 g/mol. The maximum Gasteiger partial charge on any atom is 0.255 e. The van der Waals surface area contributed by atoms with Crippen LogP contribution in [-0.4, -0.2) is 27.1 Å². The fraction of sp³-hybridized carbons (Fsp3) is 0.235. The zero-order valence-electron chi connectivity index (χ0n) is 12.8. The van der Waals surface area contributed by atoms with Crippen molar-refractivity contribution in [2.45, 2.75) is 12.8 Å². The molecule has 2 aromatic carbocycles. The van der Waals surface area contributed by atoms with Crippen LogP contribution in [0.5, 0.6) is 0 Å². The summed E-state index contributed by atoms with van der Waals surface area (Å²) in [7, 11) is -3.32. The highest BCUT2D eigenvalue weighted by molar-refractivity contribution is 7.92. The molecule has 1 aliphatic heterocycles. The number of hydrogen-bond acceptors (Lipinski definition) is 3. The lowest BCUT2D eigenvalue weighted by molar-refractivity contribution is 0.102. The Morgan fingerprint density at radius 3 is 2.57 bits per heavy atom. The standard InChI is InChI=1S/C17H18N2O3S/c1-23(21,22)19-11-5-8-13-9-10-15(12-16(13)19)18-17(20)14-6-3-2-4-7-14/h2-4,6-7,9-10,12H,5,8,11H2,1H3,(H,18,20). The fourth-order valence-corrected chi connectivity index (χ4v) is 3.74. The van der Waals surface area contributed by atoms with Gasteiger partial charge in [-0.2, -0.15) is 0 Å². The quantitative estimate of drug-likeness (QED) is 0.941. The van der Waals surface area contributed by atoms with Crippen LogP contribution >= 0.6 is 0 Å². The van der Waals surface area contributed by atoms with Crippen molar-refractivity contribution in [2.24, 2.45) is 0 Å². The predicted molar refractivity (Wildman–Crippen MR) is 91.3 cm³/mol. The van der Waals surface area contributed by atoms with Crippen molar-refractivity contribution in [3.05, 3.63) is 59.7 Å². The highest BCUT2D eigenvalue weighted by atomic mass is 32.2. The van der Waals surface area contributed by atoms with Gasteiger partial charge < -0.3 is 5.32 Å². The van der Waals surface area contributed by atoms with Crippen molar-refractivity contribution in [3.63, 3.8) is 0 Å². The minimum absolute atomic E-state index is 0.215. The molecule has 1 aliphatic rings. The molecule has 0 fully saturated rings. The Bertz CT molecular complexity index is 832. The van der Waals surface area contributed by atoms with E-state index in [0.29, 0.717) is 23.5 Å². The summed E-state index contributed by atoms with van der Waals surface area (Å²) in [4.78, 5) is 12.2. The van der Waals surface area contributed by atoms with Crippen LogP contribution in [0.2, 0.25) is 0 Å². The smallest absolute Gasteiger partial charge is 0.255 e. The molecule has 6 heteroatoms. The van der Waals surface area contributed by atoms with Crippen LogP contribution in [0.1, 0.15) is 22.3 Å². The molecular formula is C17H18N2O3S. The van der Waals surface area contributed by atoms with Crippen molar-refractivity contribution < 1.29 is 13.2 Å². The van der Waals surface area contributed by atoms with Crippen LogP contribution < -0.4 is 9.62 Å². The van der Waals surface area contributed by atoms with Gasteiger partial charge in [0.2, 0.25) is 10.0 Å². The van der Waals surface area contributed by atoms with Crippen molar-refractivity contribution in [1.82, 2.24) is 0 Å². The zero-order valence-corrected chi connectivity index (χ0v) is 13.6. The second-order valence-corrected chi connectivity index (χ2v) is 7.51. The molecule has 1 amide bonds. The lowest BCUT2D eigenvalue weighted by Gasteiger charge is -2.29. The lowest BCUT2D eigenvalue weighted by atomic mass is 10.0. The van der Waals surface area contributed by atoms with Crippen molar-refractivity contribution in [2.75, 3.05) is 22.4 Å². The number of nitrogens with zero attached hydrogens (tertiary/aromatic N) is 1. The van der Waals surface area contributed by atoms with E-state index in [2.05, 4.69) is 5.32 Å². The molecule has 1 heterocycles. The van der Waals surface area contributed by atoms with Crippen molar-refractivity contribution in [1.29, 1.82) is 0 Å². The third-order valence-corrected chi connectivity index (χ3v) is 5.04. The molecule has 2 aromatic rings. The number of anilines is 2. The summed E-state index contributed by atoms with van der Waals surface area (Å²) in [5.41, 5.74) is 2.79. The van der Waals surface area contributed by atoms with Crippen LogP contribution in [0.15, 0.2) is 48.5 Å². The minimum atomic E-state index is -3.32. The van der Waals surface area contributed by atoms with E-state index in [-0.39, 0.29) is 5.91 Å². The molecule has 0 saturated heterocycles. The second kappa shape index (κ2) is 6.04. The number of rotatable bonds is 3. The maximum absolute atomic E-state index is 12.2. The molecule has 0 unspecified atom stereocenters. The molecule has 0 aromatic heterocycles. The topological polar surface area (TPSA) is 66.5 Å². The van der Waals surface area contributed by atoms with E-state index in [9.17, 15) is 13.2 Å². The average Bonchev–Trinajstić information content (AvgIpc) is 2.54. The van der Waals surface area contributed by atoms with Crippen LogP contribution in [0, 0.1) is 0 Å². The van der Waals surface area contributed by atoms with E-state index < -0.39 is 10.0 Å². The number of nitrogens with one attached hydrogen (secondary N) is 1. The first-order chi connectivity index (χ1) is 10.9. The van der Waals surface area contributed by atoms with Gasteiger partial charge in [0.05, 0.1) is 11.9 Å². The molecule has 120 valence electrons.